The number of aliphatic hydroxyl groups is 1. The summed E-state index contributed by atoms with van der Waals surface area (Å²) in [5, 5.41) is 8.43. The van der Waals surface area contributed by atoms with Gasteiger partial charge >= 0.3 is 13.8 Å². The highest BCUT2D eigenvalue weighted by Crippen LogP contribution is 2.49. The predicted molar refractivity (Wildman–Crippen MR) is 48.3 cm³/mol. The summed E-state index contributed by atoms with van der Waals surface area (Å²) in [4.78, 5) is 10.5. The summed E-state index contributed by atoms with van der Waals surface area (Å²) in [5.41, 5.74) is 0. The normalized spacial score (nSPS) is 15.1. The lowest BCUT2D eigenvalue weighted by molar-refractivity contribution is -0.133. The number of phosphoric acid groups is 1. The highest BCUT2D eigenvalue weighted by molar-refractivity contribution is 7.49. The zero-order valence-corrected chi connectivity index (χ0v) is 8.90. The van der Waals surface area contributed by atoms with Gasteiger partial charge in [-0.15, -0.1) is 0 Å². The van der Waals surface area contributed by atoms with Gasteiger partial charge < -0.3 is 14.2 Å². The Morgan fingerprint density at radius 2 is 2.21 bits per heavy atom. The number of carbonyl (C=O) groups is 1. The van der Waals surface area contributed by atoms with E-state index < -0.39 is 13.8 Å². The molecule has 0 heterocycles. The van der Waals surface area contributed by atoms with E-state index in [1.165, 1.54) is 6.08 Å². The third-order valence-electron chi connectivity index (χ3n) is 0.907. The molecule has 0 aromatic carbocycles. The van der Waals surface area contributed by atoms with Crippen molar-refractivity contribution in [2.24, 2.45) is 0 Å². The van der Waals surface area contributed by atoms with Crippen molar-refractivity contribution >= 4 is 13.8 Å². The van der Waals surface area contributed by atoms with E-state index >= 15 is 0 Å². The Bertz CT molecular complexity index is 249. The minimum absolute atomic E-state index is 0.234. The molecule has 0 aliphatic heterocycles. The molecule has 0 aliphatic rings. The lowest BCUT2D eigenvalue weighted by atomic mass is 10.8. The fourth-order valence-electron chi connectivity index (χ4n) is 0.524. The molecule has 7 heteroatoms. The van der Waals surface area contributed by atoms with Gasteiger partial charge in [-0.1, -0.05) is 6.08 Å². The van der Waals surface area contributed by atoms with E-state index in [2.05, 4.69) is 13.6 Å². The molecule has 82 valence electrons. The minimum Gasteiger partial charge on any atom is -0.403 e. The van der Waals surface area contributed by atoms with E-state index in [0.29, 0.717) is 0 Å². The maximum Gasteiger partial charge on any atom is 0.589 e. The maximum absolute atomic E-state index is 11.5. The number of hydrogen-bond acceptors (Lipinski definition) is 6. The molecule has 0 fully saturated rings. The van der Waals surface area contributed by atoms with Gasteiger partial charge in [0.05, 0.1) is 19.5 Å². The Labute approximate surface area is 82.1 Å². The van der Waals surface area contributed by atoms with Crippen LogP contribution in [0.2, 0.25) is 0 Å². The predicted octanol–water partition coefficient (Wildman–Crippen LogP) is 1.22. The average molecular weight is 224 g/mol. The van der Waals surface area contributed by atoms with Gasteiger partial charge in [-0.3, -0.25) is 9.32 Å². The molecule has 1 unspecified atom stereocenters. The van der Waals surface area contributed by atoms with Crippen molar-refractivity contribution in [1.82, 2.24) is 0 Å². The van der Waals surface area contributed by atoms with E-state index in [1.54, 1.807) is 6.92 Å². The fourth-order valence-corrected chi connectivity index (χ4v) is 1.57. The van der Waals surface area contributed by atoms with Crippen LogP contribution in [0.25, 0.3) is 0 Å². The Morgan fingerprint density at radius 3 is 2.64 bits per heavy atom. The van der Waals surface area contributed by atoms with Gasteiger partial charge in [0, 0.05) is 6.92 Å². The van der Waals surface area contributed by atoms with Crippen molar-refractivity contribution in [2.75, 3.05) is 13.2 Å². The molecule has 0 radical (unpaired) electrons. The van der Waals surface area contributed by atoms with Crippen LogP contribution < -0.4 is 0 Å². The van der Waals surface area contributed by atoms with Crippen LogP contribution in [-0.2, 0) is 22.9 Å². The van der Waals surface area contributed by atoms with Gasteiger partial charge in [-0.25, -0.2) is 4.57 Å². The van der Waals surface area contributed by atoms with Crippen LogP contribution in [0.3, 0.4) is 0 Å². The first-order valence-electron chi connectivity index (χ1n) is 3.89. The fraction of sp³-hybridized carbons (Fsp3) is 0.571. The molecular formula is C7H13O6P. The second-order valence-electron chi connectivity index (χ2n) is 2.16. The molecule has 0 spiro atoms. The smallest absolute Gasteiger partial charge is 0.403 e. The van der Waals surface area contributed by atoms with Gasteiger partial charge in [0.15, 0.2) is 0 Å². The van der Waals surface area contributed by atoms with Crippen molar-refractivity contribution in [1.29, 1.82) is 0 Å². The third kappa shape index (κ3) is 5.75. The quantitative estimate of drug-likeness (QED) is 0.539. The molecule has 14 heavy (non-hydrogen) atoms. The van der Waals surface area contributed by atoms with E-state index in [4.69, 9.17) is 5.11 Å². The van der Waals surface area contributed by atoms with Crippen molar-refractivity contribution in [3.8, 4) is 0 Å². The van der Waals surface area contributed by atoms with E-state index in [0.717, 1.165) is 13.2 Å². The van der Waals surface area contributed by atoms with Gasteiger partial charge in [0.2, 0.25) is 0 Å². The largest absolute Gasteiger partial charge is 0.589 e. The summed E-state index contributed by atoms with van der Waals surface area (Å²) < 4.78 is 25.0. The number of hydrogen-bond donors (Lipinski definition) is 1. The molecule has 6 nitrogen and oxygen atoms in total. The summed E-state index contributed by atoms with van der Waals surface area (Å²) in [6, 6.07) is 0. The molecule has 0 aromatic rings. The molecular weight excluding hydrogens is 211 g/mol. The lowest BCUT2D eigenvalue weighted by Gasteiger charge is -2.13. The van der Waals surface area contributed by atoms with Crippen LogP contribution >= 0.6 is 7.82 Å². The molecule has 0 rings (SSSR count). The van der Waals surface area contributed by atoms with Gasteiger partial charge in [-0.2, -0.15) is 0 Å². The molecule has 0 bridgehead atoms. The zero-order chi connectivity index (χ0) is 11.0. The van der Waals surface area contributed by atoms with Gasteiger partial charge in [0.25, 0.3) is 0 Å². The standard InChI is InChI=1S/C7H13O6P/c1-3-5-11-14(10,12-6-4-8)13-7(2)9/h3,5,8H,4,6H2,1-2H3. The summed E-state index contributed by atoms with van der Waals surface area (Å²) in [6.07, 6.45) is 2.54. The van der Waals surface area contributed by atoms with Crippen LogP contribution in [0.15, 0.2) is 12.3 Å². The molecule has 0 saturated heterocycles. The van der Waals surface area contributed by atoms with Crippen molar-refractivity contribution in [2.45, 2.75) is 13.8 Å². The Morgan fingerprint density at radius 1 is 1.57 bits per heavy atom. The summed E-state index contributed by atoms with van der Waals surface area (Å²) in [7, 11) is -3.90. The third-order valence-corrected chi connectivity index (χ3v) is 2.27. The number of rotatable bonds is 6. The maximum atomic E-state index is 11.5. The average Bonchev–Trinajstić information content (AvgIpc) is 2.11. The molecule has 0 aliphatic carbocycles. The SMILES string of the molecule is CC=COP(=O)(OCCO)OC(C)=O. The second kappa shape index (κ2) is 6.59. The van der Waals surface area contributed by atoms with Gasteiger partial charge in [0.1, 0.15) is 0 Å². The van der Waals surface area contributed by atoms with Crippen molar-refractivity contribution in [3.63, 3.8) is 0 Å². The monoisotopic (exact) mass is 224 g/mol. The summed E-state index contributed by atoms with van der Waals surface area (Å²) in [5.74, 6) is -0.782. The number of allylic oxidation sites excluding steroid dienone is 1. The van der Waals surface area contributed by atoms with E-state index in [9.17, 15) is 9.36 Å². The molecule has 0 saturated carbocycles. The minimum atomic E-state index is -3.90. The van der Waals surface area contributed by atoms with E-state index in [-0.39, 0.29) is 13.2 Å². The lowest BCUT2D eigenvalue weighted by Crippen LogP contribution is -2.04. The second-order valence-corrected chi connectivity index (χ2v) is 3.71. The topological polar surface area (TPSA) is 82.1 Å². The molecule has 0 aromatic heterocycles. The van der Waals surface area contributed by atoms with Crippen LogP contribution in [0.1, 0.15) is 13.8 Å². The Kier molecular flexibility index (Phi) is 6.19. The van der Waals surface area contributed by atoms with Crippen molar-refractivity contribution < 1.29 is 28.0 Å². The first kappa shape index (κ1) is 13.2. The zero-order valence-electron chi connectivity index (χ0n) is 8.00. The van der Waals surface area contributed by atoms with Crippen LogP contribution in [0.4, 0.5) is 0 Å². The number of carbonyl (C=O) groups excluding carboxylic acids is 1. The van der Waals surface area contributed by atoms with E-state index in [1.807, 2.05) is 0 Å². The summed E-state index contributed by atoms with van der Waals surface area (Å²) in [6.45, 7) is 2.13. The number of aliphatic hydroxyl groups excluding tert-OH is 1. The molecule has 1 N–H and O–H groups in total. The first-order valence-corrected chi connectivity index (χ1v) is 5.35. The van der Waals surface area contributed by atoms with Crippen molar-refractivity contribution in [3.05, 3.63) is 12.3 Å². The van der Waals surface area contributed by atoms with Crippen LogP contribution in [0.5, 0.6) is 0 Å². The van der Waals surface area contributed by atoms with Crippen LogP contribution in [-0.4, -0.2) is 24.3 Å². The first-order chi connectivity index (χ1) is 6.54. The van der Waals surface area contributed by atoms with Crippen LogP contribution in [0, 0.1) is 0 Å². The highest BCUT2D eigenvalue weighted by atomic mass is 31.2. The van der Waals surface area contributed by atoms with Gasteiger partial charge in [-0.05, 0) is 6.92 Å². The molecule has 0 amide bonds. The molecule has 1 atom stereocenters. The Balaban J connectivity index is 4.32. The highest BCUT2D eigenvalue weighted by Gasteiger charge is 2.29. The Hall–Kier alpha value is -0.840. The number of phosphoric ester groups is 1. The summed E-state index contributed by atoms with van der Waals surface area (Å²) >= 11 is 0.